The molecular formula is C30H23F3N4O4. The minimum Gasteiger partial charge on any atom is -0.504 e. The molecule has 0 unspecified atom stereocenters. The Labute approximate surface area is 232 Å². The molecule has 1 aliphatic rings. The van der Waals surface area contributed by atoms with Crippen LogP contribution in [0.3, 0.4) is 0 Å². The highest BCUT2D eigenvalue weighted by Gasteiger charge is 2.39. The predicted octanol–water partition coefficient (Wildman–Crippen LogP) is 6.59. The second-order valence-corrected chi connectivity index (χ2v) is 9.68. The van der Waals surface area contributed by atoms with Crippen molar-refractivity contribution in [2.75, 3.05) is 10.3 Å². The van der Waals surface area contributed by atoms with E-state index in [2.05, 4.69) is 15.5 Å². The van der Waals surface area contributed by atoms with Crippen LogP contribution in [0, 0.1) is 20.8 Å². The van der Waals surface area contributed by atoms with Gasteiger partial charge in [0.1, 0.15) is 0 Å². The van der Waals surface area contributed by atoms with Crippen LogP contribution < -0.4 is 10.3 Å². The van der Waals surface area contributed by atoms with Crippen molar-refractivity contribution in [3.63, 3.8) is 0 Å². The molecule has 0 saturated carbocycles. The van der Waals surface area contributed by atoms with Crippen molar-refractivity contribution >= 4 is 34.8 Å². The lowest BCUT2D eigenvalue weighted by atomic mass is 10.0. The van der Waals surface area contributed by atoms with Crippen LogP contribution in [-0.2, 0) is 11.0 Å². The number of fused-ring (bicyclic) bond motifs is 1. The molecule has 4 aromatic rings. The van der Waals surface area contributed by atoms with Crippen molar-refractivity contribution in [3.05, 3.63) is 100 Å². The summed E-state index contributed by atoms with van der Waals surface area (Å²) >= 11 is 0. The minimum atomic E-state index is -4.63. The van der Waals surface area contributed by atoms with Gasteiger partial charge in [0, 0.05) is 22.5 Å². The summed E-state index contributed by atoms with van der Waals surface area (Å²) in [4.78, 5) is 30.5. The van der Waals surface area contributed by atoms with Gasteiger partial charge in [0.25, 0.3) is 5.91 Å². The first-order chi connectivity index (χ1) is 19.3. The average molecular weight is 561 g/mol. The molecule has 0 spiro atoms. The van der Waals surface area contributed by atoms with E-state index in [1.807, 2.05) is 19.9 Å². The van der Waals surface area contributed by atoms with Gasteiger partial charge in [0.2, 0.25) is 0 Å². The number of aromatic nitrogens is 1. The van der Waals surface area contributed by atoms with Gasteiger partial charge < -0.3 is 10.2 Å². The van der Waals surface area contributed by atoms with Crippen molar-refractivity contribution in [1.29, 1.82) is 0 Å². The lowest BCUT2D eigenvalue weighted by Gasteiger charge is -2.19. The molecule has 3 N–H and O–H groups in total. The number of nitrogens with one attached hydrogen (secondary N) is 1. The third kappa shape index (κ3) is 5.21. The fourth-order valence-corrected chi connectivity index (χ4v) is 4.76. The molecule has 0 saturated heterocycles. The van der Waals surface area contributed by atoms with E-state index in [1.165, 1.54) is 29.2 Å². The van der Waals surface area contributed by atoms with Gasteiger partial charge in [-0.1, -0.05) is 18.2 Å². The molecule has 0 bridgehead atoms. The van der Waals surface area contributed by atoms with Crippen LogP contribution in [-0.4, -0.2) is 32.8 Å². The number of aryl methyl sites for hydroxylation is 3. The molecule has 41 heavy (non-hydrogen) atoms. The number of nitrogens with zero attached hydrogens (tertiary/aromatic N) is 3. The predicted molar refractivity (Wildman–Crippen MR) is 148 cm³/mol. The smallest absolute Gasteiger partial charge is 0.416 e. The van der Waals surface area contributed by atoms with Gasteiger partial charge in [0.05, 0.1) is 16.8 Å². The van der Waals surface area contributed by atoms with Crippen LogP contribution in [0.15, 0.2) is 71.8 Å². The Balaban J connectivity index is 1.60. The number of alkyl halides is 3. The van der Waals surface area contributed by atoms with Gasteiger partial charge in [-0.25, -0.2) is 9.78 Å². The minimum absolute atomic E-state index is 0.0166. The van der Waals surface area contributed by atoms with Gasteiger partial charge in [-0.3, -0.25) is 15.1 Å². The molecule has 0 aliphatic carbocycles. The second kappa shape index (κ2) is 10.1. The van der Waals surface area contributed by atoms with E-state index in [4.69, 9.17) is 0 Å². The molecule has 11 heteroatoms. The van der Waals surface area contributed by atoms with Crippen LogP contribution in [0.1, 0.15) is 38.3 Å². The number of rotatable bonds is 5. The van der Waals surface area contributed by atoms with Crippen molar-refractivity contribution in [1.82, 2.24) is 4.98 Å². The summed E-state index contributed by atoms with van der Waals surface area (Å²) in [5.74, 6) is -2.29. The molecule has 3 aromatic carbocycles. The number of hydrogen-bond donors (Lipinski definition) is 3. The van der Waals surface area contributed by atoms with Gasteiger partial charge in [-0.2, -0.15) is 18.3 Å². The zero-order valence-electron chi connectivity index (χ0n) is 22.0. The molecule has 208 valence electrons. The lowest BCUT2D eigenvalue weighted by molar-refractivity contribution is -0.137. The summed E-state index contributed by atoms with van der Waals surface area (Å²) in [7, 11) is 0. The molecule has 1 aliphatic heterocycles. The first kappa shape index (κ1) is 27.4. The van der Waals surface area contributed by atoms with E-state index in [0.29, 0.717) is 16.9 Å². The van der Waals surface area contributed by atoms with E-state index >= 15 is 0 Å². The number of hydrazone groups is 1. The first-order valence-corrected chi connectivity index (χ1v) is 12.4. The van der Waals surface area contributed by atoms with E-state index < -0.39 is 23.6 Å². The number of hydrogen-bond acceptors (Lipinski definition) is 6. The Morgan fingerprint density at radius 2 is 1.66 bits per heavy atom. The van der Waals surface area contributed by atoms with Crippen LogP contribution in [0.2, 0.25) is 0 Å². The van der Waals surface area contributed by atoms with E-state index in [-0.39, 0.29) is 39.7 Å². The summed E-state index contributed by atoms with van der Waals surface area (Å²) in [6, 6.07) is 15.7. The fourth-order valence-electron chi connectivity index (χ4n) is 4.76. The number of pyridine rings is 1. The molecule has 1 aromatic heterocycles. The zero-order chi connectivity index (χ0) is 29.6. The van der Waals surface area contributed by atoms with Crippen molar-refractivity contribution in [3.8, 4) is 16.9 Å². The Kier molecular flexibility index (Phi) is 6.74. The molecule has 0 radical (unpaired) electrons. The Morgan fingerprint density at radius 1 is 0.951 bits per heavy atom. The van der Waals surface area contributed by atoms with Crippen LogP contribution in [0.4, 0.5) is 30.4 Å². The molecule has 8 nitrogen and oxygen atoms in total. The molecule has 0 fully saturated rings. The maximum Gasteiger partial charge on any atom is 0.416 e. The highest BCUT2D eigenvalue weighted by atomic mass is 19.4. The van der Waals surface area contributed by atoms with E-state index in [0.717, 1.165) is 23.3 Å². The number of carbonyl (C=O) groups excluding carboxylic acids is 1. The molecule has 2 heterocycles. The van der Waals surface area contributed by atoms with Crippen molar-refractivity contribution in [2.24, 2.45) is 5.10 Å². The molecule has 1 amide bonds. The second-order valence-electron chi connectivity index (χ2n) is 9.68. The number of aromatic hydroxyl groups is 1. The maximum absolute atomic E-state index is 13.6. The normalized spacial score (nSPS) is 14.0. The summed E-state index contributed by atoms with van der Waals surface area (Å²) in [6.07, 6.45) is -4.63. The van der Waals surface area contributed by atoms with Gasteiger partial charge in [0.15, 0.2) is 17.3 Å². The van der Waals surface area contributed by atoms with E-state index in [9.17, 15) is 33.0 Å². The third-order valence-corrected chi connectivity index (χ3v) is 6.51. The van der Waals surface area contributed by atoms with Crippen molar-refractivity contribution in [2.45, 2.75) is 26.9 Å². The molecule has 0 atom stereocenters. The largest absolute Gasteiger partial charge is 0.504 e. The highest BCUT2D eigenvalue weighted by molar-refractivity contribution is 6.55. The van der Waals surface area contributed by atoms with Gasteiger partial charge >= 0.3 is 12.1 Å². The first-order valence-electron chi connectivity index (χ1n) is 12.4. The molecule has 5 rings (SSSR count). The van der Waals surface area contributed by atoms with Crippen LogP contribution >= 0.6 is 0 Å². The number of carboxylic acid groups (broad SMARTS) is 1. The molecular weight excluding hydrogens is 537 g/mol. The van der Waals surface area contributed by atoms with Crippen LogP contribution in [0.25, 0.3) is 11.1 Å². The third-order valence-electron chi connectivity index (χ3n) is 6.51. The lowest BCUT2D eigenvalue weighted by Crippen LogP contribution is -2.26. The van der Waals surface area contributed by atoms with Crippen LogP contribution in [0.5, 0.6) is 5.75 Å². The number of aromatic carboxylic acids is 1. The van der Waals surface area contributed by atoms with Gasteiger partial charge in [-0.05, 0) is 86.0 Å². The zero-order valence-corrected chi connectivity index (χ0v) is 22.0. The van der Waals surface area contributed by atoms with Gasteiger partial charge in [-0.15, -0.1) is 0 Å². The Bertz CT molecular complexity index is 1750. The fraction of sp³-hybridized carbons (Fsp3) is 0.133. The number of anilines is 3. The topological polar surface area (TPSA) is 115 Å². The summed E-state index contributed by atoms with van der Waals surface area (Å²) in [6.45, 7) is 5.28. The Hall–Kier alpha value is -5.19. The summed E-state index contributed by atoms with van der Waals surface area (Å²) < 4.78 is 40.8. The number of amides is 1. The van der Waals surface area contributed by atoms with Crippen molar-refractivity contribution < 1.29 is 33.0 Å². The highest BCUT2D eigenvalue weighted by Crippen LogP contribution is 2.41. The average Bonchev–Trinajstić information content (AvgIpc) is 3.18. The standard InChI is InChI=1S/C30H23F3N4O4/c1-15-9-16(2)11-21(10-15)37-24-14-20(30(31,32)33)7-8-22(24)25(28(37)39)35-36-27-26(38)23(12-17(3)34-27)18-5-4-6-19(13-18)29(40)41/h4-14,38H,1-3H3,(H,34,36)(H,40,41)/b35-25-. The monoisotopic (exact) mass is 560 g/mol. The van der Waals surface area contributed by atoms with E-state index in [1.54, 1.807) is 31.2 Å². The number of benzene rings is 3. The number of carboxylic acids is 1. The Morgan fingerprint density at radius 3 is 2.32 bits per heavy atom. The quantitative estimate of drug-likeness (QED) is 0.237. The SMILES string of the molecule is Cc1cc(C)cc(N2C(=O)/C(=N\Nc3nc(C)cc(-c4cccc(C(=O)O)c4)c3O)c3ccc(C(F)(F)F)cc32)c1. The maximum atomic E-state index is 13.6. The summed E-state index contributed by atoms with van der Waals surface area (Å²) in [5, 5.41) is 24.5. The summed E-state index contributed by atoms with van der Waals surface area (Å²) in [5.41, 5.74) is 4.85. The number of carbonyl (C=O) groups is 2. The number of halogens is 3.